The molecule has 0 saturated heterocycles. The molecule has 5 nitrogen and oxygen atoms in total. The van der Waals surface area contributed by atoms with Crippen LogP contribution in [-0.4, -0.2) is 15.4 Å². The van der Waals surface area contributed by atoms with Crippen molar-refractivity contribution in [1.29, 1.82) is 0 Å². The molecule has 8 aromatic rings. The third-order valence-electron chi connectivity index (χ3n) is 16.6. The van der Waals surface area contributed by atoms with Gasteiger partial charge in [-0.1, -0.05) is 185 Å². The second-order valence-corrected chi connectivity index (χ2v) is 26.3. The van der Waals surface area contributed by atoms with Crippen molar-refractivity contribution in [1.82, 2.24) is 9.55 Å². The van der Waals surface area contributed by atoms with E-state index in [2.05, 4.69) is 249 Å². The molecule has 2 aromatic heterocycles. The summed E-state index contributed by atoms with van der Waals surface area (Å²) < 4.78 is 9.85. The van der Waals surface area contributed by atoms with Gasteiger partial charge in [-0.3, -0.25) is 4.99 Å². The van der Waals surface area contributed by atoms with E-state index in [1.807, 2.05) is 6.20 Å². The van der Waals surface area contributed by atoms with Crippen LogP contribution in [0.25, 0.3) is 38.8 Å². The molecule has 11 rings (SSSR count). The Morgan fingerprint density at radius 2 is 1.12 bits per heavy atom. The molecule has 0 N–H and O–H groups in total. The summed E-state index contributed by atoms with van der Waals surface area (Å²) in [6.07, 6.45) is 1.96. The Morgan fingerprint density at radius 3 is 1.77 bits per heavy atom. The van der Waals surface area contributed by atoms with Gasteiger partial charge in [0.15, 0.2) is 0 Å². The van der Waals surface area contributed by atoms with Gasteiger partial charge in [0.05, 0.1) is 0 Å². The summed E-state index contributed by atoms with van der Waals surface area (Å²) in [7, 11) is 0. The summed E-state index contributed by atoms with van der Waals surface area (Å²) >= 11 is 0. The number of anilines is 3. The van der Waals surface area contributed by atoms with Crippen LogP contribution in [0.3, 0.4) is 0 Å². The van der Waals surface area contributed by atoms with E-state index in [9.17, 15) is 0 Å². The van der Waals surface area contributed by atoms with E-state index < -0.39 is 11.1 Å². The van der Waals surface area contributed by atoms with Crippen molar-refractivity contribution < 1.29 is 25.8 Å². The normalized spacial score (nSPS) is 19.1. The molecular weight excluding hydrogens is 1070 g/mol. The fraction of sp³-hybridized carbons (Fsp3) is 0.373. The molecule has 0 unspecified atom stereocenters. The molecule has 1 aliphatic carbocycles. The fourth-order valence-corrected chi connectivity index (χ4v) is 11.8. The van der Waals surface area contributed by atoms with Crippen LogP contribution in [0.1, 0.15) is 172 Å². The standard InChI is InChI=1S/C67H72N4O.Pt/c1-39-19-25-55-49(29-39)50-37-54-58(38-57(50)71(55)59-36-44(27-28-68-59)63(9,10)11)70(56-26-20-40(2)30-53(56)65(54,15)16)46-32-41(31-45(33-46)64(12,13)14)60-69-66(17)51-23-21-42(61(3,4)5)34-47(51)48-35-43(62(6,7)8)22-24-52(48)67(66,18)72-60;/h19-31,33-37H,1-18H3;/q-2;+2/t66-,67+;/m1./s1. The van der Waals surface area contributed by atoms with Gasteiger partial charge < -0.3 is 14.2 Å². The average Bonchev–Trinajstić information content (AvgIpc) is 3.78. The predicted molar refractivity (Wildman–Crippen MR) is 302 cm³/mol. The Labute approximate surface area is 449 Å². The summed E-state index contributed by atoms with van der Waals surface area (Å²) in [5.74, 6) is 1.49. The number of hydrogen-bond acceptors (Lipinski definition) is 4. The first kappa shape index (κ1) is 50.7. The maximum atomic E-state index is 7.53. The number of aryl methyl sites for hydroxylation is 2. The Bertz CT molecular complexity index is 3640. The van der Waals surface area contributed by atoms with Crippen LogP contribution in [0.15, 0.2) is 114 Å². The minimum atomic E-state index is -0.800. The minimum absolute atomic E-state index is 0. The first-order valence-electron chi connectivity index (χ1n) is 26.1. The van der Waals surface area contributed by atoms with E-state index >= 15 is 0 Å². The number of benzene rings is 6. The van der Waals surface area contributed by atoms with Crippen molar-refractivity contribution in [3.05, 3.63) is 183 Å². The van der Waals surface area contributed by atoms with Crippen molar-refractivity contribution in [3.8, 4) is 16.9 Å². The average molecular weight is 1140 g/mol. The van der Waals surface area contributed by atoms with Gasteiger partial charge in [-0.05, 0) is 129 Å². The molecule has 0 spiro atoms. The maximum Gasteiger partial charge on any atom is 2.00 e. The Hall–Kier alpha value is -5.77. The molecule has 376 valence electrons. The zero-order chi connectivity index (χ0) is 51.6. The van der Waals surface area contributed by atoms with Crippen LogP contribution < -0.4 is 4.90 Å². The largest absolute Gasteiger partial charge is 2.00 e. The number of pyridine rings is 1. The van der Waals surface area contributed by atoms with Crippen molar-refractivity contribution in [2.45, 2.75) is 163 Å². The minimum Gasteiger partial charge on any atom is -0.507 e. The van der Waals surface area contributed by atoms with Gasteiger partial charge in [-0.15, -0.1) is 40.8 Å². The first-order chi connectivity index (χ1) is 33.5. The van der Waals surface area contributed by atoms with Crippen LogP contribution >= 0.6 is 0 Å². The van der Waals surface area contributed by atoms with Gasteiger partial charge in [0.2, 0.25) is 0 Å². The number of fused-ring (bicyclic) bond motifs is 11. The topological polar surface area (TPSA) is 42.7 Å². The Balaban J connectivity index is 0.00000611. The summed E-state index contributed by atoms with van der Waals surface area (Å²) in [5, 5.41) is 2.36. The van der Waals surface area contributed by atoms with E-state index in [0.717, 1.165) is 50.4 Å². The number of nitrogens with zero attached hydrogens (tertiary/aromatic N) is 4. The first-order valence-corrected chi connectivity index (χ1v) is 26.1. The molecule has 6 aromatic carbocycles. The number of aromatic nitrogens is 2. The van der Waals surface area contributed by atoms with Gasteiger partial charge in [0.25, 0.3) is 0 Å². The number of hydrogen-bond donors (Lipinski definition) is 0. The second kappa shape index (κ2) is 16.4. The molecule has 0 saturated carbocycles. The maximum absolute atomic E-state index is 7.53. The SMILES string of the molecule is Cc1ccc2c(c1)C(C)(C)c1cc3c4cc(C)ccc4n(-c4cc(C(C)(C)C)ccn4)c3[c-]c1N2c1[c-]c(C2=N[C@]3(C)c4ccc(C(C)(C)C)cc4-c4cc(C(C)(C)C)ccc4[C@]3(C)O2)cc(C(C)(C)C)c1.[Pt+2]. The monoisotopic (exact) mass is 1140 g/mol. The molecule has 73 heavy (non-hydrogen) atoms. The van der Waals surface area contributed by atoms with Gasteiger partial charge in [-0.2, -0.15) is 6.07 Å². The summed E-state index contributed by atoms with van der Waals surface area (Å²) in [5.41, 5.74) is 18.5. The fourth-order valence-electron chi connectivity index (χ4n) is 11.8. The van der Waals surface area contributed by atoms with Gasteiger partial charge in [0.1, 0.15) is 22.9 Å². The number of aliphatic imine (C=N–C) groups is 1. The van der Waals surface area contributed by atoms with Crippen LogP contribution in [0.4, 0.5) is 17.1 Å². The molecule has 0 bridgehead atoms. The van der Waals surface area contributed by atoms with Crippen LogP contribution in [0, 0.1) is 26.0 Å². The second-order valence-electron chi connectivity index (χ2n) is 26.3. The Morgan fingerprint density at radius 1 is 0.534 bits per heavy atom. The predicted octanol–water partition coefficient (Wildman–Crippen LogP) is 17.3. The Kier molecular flexibility index (Phi) is 11.4. The van der Waals surface area contributed by atoms with Gasteiger partial charge in [0, 0.05) is 23.0 Å². The molecule has 0 amide bonds. The number of rotatable bonds is 3. The molecule has 2 aliphatic heterocycles. The molecule has 0 fully saturated rings. The quantitative estimate of drug-likeness (QED) is 0.166. The van der Waals surface area contributed by atoms with E-state index in [0.29, 0.717) is 5.90 Å². The molecule has 2 atom stereocenters. The van der Waals surface area contributed by atoms with Crippen molar-refractivity contribution in [3.63, 3.8) is 0 Å². The van der Waals surface area contributed by atoms with Crippen molar-refractivity contribution in [2.24, 2.45) is 4.99 Å². The molecule has 4 heterocycles. The van der Waals surface area contributed by atoms with Crippen LogP contribution in [0.5, 0.6) is 0 Å². The van der Waals surface area contributed by atoms with Crippen molar-refractivity contribution >= 4 is 44.8 Å². The smallest absolute Gasteiger partial charge is 0.507 e. The van der Waals surface area contributed by atoms with Crippen LogP contribution in [0.2, 0.25) is 0 Å². The van der Waals surface area contributed by atoms with Crippen LogP contribution in [-0.2, 0) is 64.0 Å². The van der Waals surface area contributed by atoms with Gasteiger partial charge in [-0.25, -0.2) is 4.98 Å². The number of ether oxygens (including phenoxy) is 1. The van der Waals surface area contributed by atoms with E-state index in [1.165, 1.54) is 66.6 Å². The molecule has 0 radical (unpaired) electrons. The van der Waals surface area contributed by atoms with Gasteiger partial charge >= 0.3 is 21.1 Å². The van der Waals surface area contributed by atoms with E-state index in [-0.39, 0.29) is 48.1 Å². The summed E-state index contributed by atoms with van der Waals surface area (Å²) in [4.78, 5) is 13.3. The third-order valence-corrected chi connectivity index (χ3v) is 16.6. The summed E-state index contributed by atoms with van der Waals surface area (Å²) in [6, 6.07) is 47.4. The molecular formula is C67H72N4OPt. The third kappa shape index (κ3) is 7.79. The summed E-state index contributed by atoms with van der Waals surface area (Å²) in [6.45, 7) is 41.1. The zero-order valence-corrected chi connectivity index (χ0v) is 48.7. The molecule has 6 heteroatoms. The van der Waals surface area contributed by atoms with E-state index in [4.69, 9.17) is 14.7 Å². The van der Waals surface area contributed by atoms with E-state index in [1.54, 1.807) is 0 Å². The zero-order valence-electron chi connectivity index (χ0n) is 46.4. The van der Waals surface area contributed by atoms with Crippen molar-refractivity contribution in [2.75, 3.05) is 4.90 Å². The molecule has 3 aliphatic rings.